The van der Waals surface area contributed by atoms with E-state index in [1.807, 2.05) is 37.7 Å². The lowest BCUT2D eigenvalue weighted by molar-refractivity contribution is -0.176. The summed E-state index contributed by atoms with van der Waals surface area (Å²) in [7, 11) is 3.83. The fourth-order valence-electron chi connectivity index (χ4n) is 1.74. The van der Waals surface area contributed by atoms with Gasteiger partial charge in [-0.2, -0.15) is 13.2 Å². The van der Waals surface area contributed by atoms with Crippen LogP contribution >= 0.6 is 0 Å². The monoisotopic (exact) mass is 269 g/mol. The first kappa shape index (κ1) is 17.7. The van der Waals surface area contributed by atoms with Crippen molar-refractivity contribution in [3.05, 3.63) is 0 Å². The van der Waals surface area contributed by atoms with Crippen LogP contribution in [0.4, 0.5) is 13.2 Å². The van der Waals surface area contributed by atoms with Crippen molar-refractivity contribution in [1.29, 1.82) is 0 Å². The Morgan fingerprint density at radius 2 is 1.61 bits per heavy atom. The minimum atomic E-state index is -4.21. The fraction of sp³-hybridized carbons (Fsp3) is 1.00. The Bertz CT molecular complexity index is 217. The fourth-order valence-corrected chi connectivity index (χ4v) is 1.74. The minimum absolute atomic E-state index is 0.00792. The molecule has 18 heavy (non-hydrogen) atoms. The SMILES string of the molecule is CC(C)CN(CCN(C)C)CC(CN)C(F)(F)F. The van der Waals surface area contributed by atoms with Gasteiger partial charge in [-0.15, -0.1) is 0 Å². The number of nitrogens with two attached hydrogens (primary N) is 1. The second kappa shape index (κ2) is 7.96. The average molecular weight is 269 g/mol. The van der Waals surface area contributed by atoms with E-state index in [1.54, 1.807) is 0 Å². The van der Waals surface area contributed by atoms with Crippen molar-refractivity contribution >= 4 is 0 Å². The molecule has 0 aliphatic carbocycles. The molecule has 6 heteroatoms. The van der Waals surface area contributed by atoms with Crippen LogP contribution in [0.3, 0.4) is 0 Å². The molecule has 110 valence electrons. The molecule has 0 amide bonds. The molecule has 0 aromatic heterocycles. The smallest absolute Gasteiger partial charge is 0.330 e. The molecule has 0 spiro atoms. The summed E-state index contributed by atoms with van der Waals surface area (Å²) in [4.78, 5) is 3.83. The molecule has 0 bridgehead atoms. The zero-order valence-electron chi connectivity index (χ0n) is 11.8. The number of hydrogen-bond donors (Lipinski definition) is 1. The average Bonchev–Trinajstić information content (AvgIpc) is 2.19. The third-order valence-corrected chi connectivity index (χ3v) is 2.71. The summed E-state index contributed by atoms with van der Waals surface area (Å²) in [5.41, 5.74) is 5.24. The van der Waals surface area contributed by atoms with Crippen LogP contribution in [0.5, 0.6) is 0 Å². The van der Waals surface area contributed by atoms with Crippen LogP contribution in [-0.2, 0) is 0 Å². The largest absolute Gasteiger partial charge is 0.394 e. The third-order valence-electron chi connectivity index (χ3n) is 2.71. The summed E-state index contributed by atoms with van der Waals surface area (Å²) in [5.74, 6) is -1.09. The van der Waals surface area contributed by atoms with E-state index in [-0.39, 0.29) is 13.1 Å². The maximum Gasteiger partial charge on any atom is 0.394 e. The Hall–Kier alpha value is -0.330. The van der Waals surface area contributed by atoms with Crippen LogP contribution in [0.25, 0.3) is 0 Å². The van der Waals surface area contributed by atoms with Crippen LogP contribution in [0.2, 0.25) is 0 Å². The molecule has 0 aromatic rings. The third kappa shape index (κ3) is 7.89. The van der Waals surface area contributed by atoms with Gasteiger partial charge in [-0.3, -0.25) is 0 Å². The Kier molecular flexibility index (Phi) is 7.82. The van der Waals surface area contributed by atoms with Gasteiger partial charge in [0.2, 0.25) is 0 Å². The topological polar surface area (TPSA) is 32.5 Å². The summed E-state index contributed by atoms with van der Waals surface area (Å²) in [6.07, 6.45) is -4.21. The minimum Gasteiger partial charge on any atom is -0.330 e. The normalized spacial score (nSPS) is 14.8. The van der Waals surface area contributed by atoms with Gasteiger partial charge >= 0.3 is 6.18 Å². The van der Waals surface area contributed by atoms with Crippen LogP contribution < -0.4 is 5.73 Å². The highest BCUT2D eigenvalue weighted by Crippen LogP contribution is 2.26. The molecule has 0 radical (unpaired) electrons. The zero-order valence-corrected chi connectivity index (χ0v) is 11.8. The van der Waals surface area contributed by atoms with E-state index in [1.165, 1.54) is 0 Å². The van der Waals surface area contributed by atoms with E-state index >= 15 is 0 Å². The predicted molar refractivity (Wildman–Crippen MR) is 68.4 cm³/mol. The van der Waals surface area contributed by atoms with Crippen molar-refractivity contribution in [3.63, 3.8) is 0 Å². The number of alkyl halides is 3. The van der Waals surface area contributed by atoms with Gasteiger partial charge in [0.05, 0.1) is 5.92 Å². The summed E-state index contributed by atoms with van der Waals surface area (Å²) in [6, 6.07) is 0. The number of rotatable bonds is 8. The first-order chi connectivity index (χ1) is 8.16. The first-order valence-electron chi connectivity index (χ1n) is 6.30. The maximum absolute atomic E-state index is 12.7. The van der Waals surface area contributed by atoms with Gasteiger partial charge in [0.25, 0.3) is 0 Å². The molecule has 2 N–H and O–H groups in total. The van der Waals surface area contributed by atoms with Crippen LogP contribution in [0, 0.1) is 11.8 Å². The van der Waals surface area contributed by atoms with Gasteiger partial charge in [0.15, 0.2) is 0 Å². The second-order valence-corrected chi connectivity index (χ2v) is 5.43. The molecule has 1 unspecified atom stereocenters. The van der Waals surface area contributed by atoms with E-state index in [2.05, 4.69) is 0 Å². The lowest BCUT2D eigenvalue weighted by atomic mass is 10.1. The zero-order chi connectivity index (χ0) is 14.3. The highest BCUT2D eigenvalue weighted by atomic mass is 19.4. The van der Waals surface area contributed by atoms with Crippen molar-refractivity contribution < 1.29 is 13.2 Å². The Labute approximate surface area is 108 Å². The Morgan fingerprint density at radius 1 is 1.06 bits per heavy atom. The molecule has 0 fully saturated rings. The van der Waals surface area contributed by atoms with Crippen molar-refractivity contribution in [2.75, 3.05) is 46.8 Å². The lowest BCUT2D eigenvalue weighted by Gasteiger charge is -2.30. The summed E-state index contributed by atoms with van der Waals surface area (Å²) in [6.45, 7) is 5.72. The van der Waals surface area contributed by atoms with E-state index < -0.39 is 12.1 Å². The molecule has 0 heterocycles. The van der Waals surface area contributed by atoms with Gasteiger partial charge in [0.1, 0.15) is 0 Å². The van der Waals surface area contributed by atoms with E-state index in [0.717, 1.165) is 6.54 Å². The van der Waals surface area contributed by atoms with Crippen molar-refractivity contribution in [2.45, 2.75) is 20.0 Å². The summed E-state index contributed by atoms with van der Waals surface area (Å²) >= 11 is 0. The van der Waals surface area contributed by atoms with Crippen molar-refractivity contribution in [1.82, 2.24) is 9.80 Å². The molecular weight excluding hydrogens is 243 g/mol. The molecule has 0 aliphatic heterocycles. The van der Waals surface area contributed by atoms with Crippen LogP contribution in [0.1, 0.15) is 13.8 Å². The van der Waals surface area contributed by atoms with Gasteiger partial charge in [-0.25, -0.2) is 0 Å². The Balaban J connectivity index is 4.45. The van der Waals surface area contributed by atoms with E-state index in [4.69, 9.17) is 5.73 Å². The van der Waals surface area contributed by atoms with E-state index in [9.17, 15) is 13.2 Å². The summed E-state index contributed by atoms with van der Waals surface area (Å²) in [5, 5.41) is 0. The highest BCUT2D eigenvalue weighted by molar-refractivity contribution is 4.74. The molecule has 0 rings (SSSR count). The molecule has 0 saturated carbocycles. The molecule has 1 atom stereocenters. The molecule has 0 saturated heterocycles. The quantitative estimate of drug-likeness (QED) is 0.727. The van der Waals surface area contributed by atoms with Gasteiger partial charge < -0.3 is 15.5 Å². The standard InChI is InChI=1S/C12H26F3N3/c1-10(2)8-18(6-5-17(3)4)9-11(7-16)12(13,14)15/h10-11H,5-9,16H2,1-4H3. The lowest BCUT2D eigenvalue weighted by Crippen LogP contribution is -2.44. The van der Waals surface area contributed by atoms with Crippen LogP contribution in [0.15, 0.2) is 0 Å². The highest BCUT2D eigenvalue weighted by Gasteiger charge is 2.39. The van der Waals surface area contributed by atoms with Crippen molar-refractivity contribution in [2.24, 2.45) is 17.6 Å². The van der Waals surface area contributed by atoms with Gasteiger partial charge in [0, 0.05) is 32.7 Å². The number of hydrogen-bond acceptors (Lipinski definition) is 3. The van der Waals surface area contributed by atoms with E-state index in [0.29, 0.717) is 19.0 Å². The molecule has 0 aliphatic rings. The van der Waals surface area contributed by atoms with Gasteiger partial charge in [-0.05, 0) is 20.0 Å². The van der Waals surface area contributed by atoms with Crippen LogP contribution in [-0.4, -0.2) is 62.8 Å². The molecule has 3 nitrogen and oxygen atoms in total. The summed E-state index contributed by atoms with van der Waals surface area (Å²) < 4.78 is 38.1. The predicted octanol–water partition coefficient (Wildman–Crippen LogP) is 1.64. The van der Waals surface area contributed by atoms with Gasteiger partial charge in [-0.1, -0.05) is 13.8 Å². The second-order valence-electron chi connectivity index (χ2n) is 5.43. The number of halogens is 3. The Morgan fingerprint density at radius 3 is 1.94 bits per heavy atom. The number of likely N-dealkylation sites (N-methyl/N-ethyl adjacent to an activating group) is 1. The molecular formula is C12H26F3N3. The number of nitrogens with zero attached hydrogens (tertiary/aromatic N) is 2. The first-order valence-corrected chi connectivity index (χ1v) is 6.30. The maximum atomic E-state index is 12.7. The van der Waals surface area contributed by atoms with Crippen molar-refractivity contribution in [3.8, 4) is 0 Å². The molecule has 0 aromatic carbocycles.